The van der Waals surface area contributed by atoms with Crippen LogP contribution in [0.4, 0.5) is 0 Å². The zero-order valence-corrected chi connectivity index (χ0v) is 11.8. The number of ether oxygens (including phenoxy) is 1. The molecular formula is C14H23NOS. The van der Waals surface area contributed by atoms with E-state index in [9.17, 15) is 0 Å². The average Bonchev–Trinajstić information content (AvgIpc) is 2.33. The molecule has 1 aromatic rings. The summed E-state index contributed by atoms with van der Waals surface area (Å²) in [5.41, 5.74) is 8.15. The molecule has 96 valence electrons. The van der Waals surface area contributed by atoms with Crippen LogP contribution < -0.4 is 10.5 Å². The van der Waals surface area contributed by atoms with Crippen molar-refractivity contribution >= 4 is 11.8 Å². The Balaban J connectivity index is 2.20. The largest absolute Gasteiger partial charge is 0.494 e. The summed E-state index contributed by atoms with van der Waals surface area (Å²) < 4.78 is 5.71. The number of aryl methyl sites for hydroxylation is 2. The lowest BCUT2D eigenvalue weighted by atomic mass is 10.1. The summed E-state index contributed by atoms with van der Waals surface area (Å²) in [7, 11) is 0. The van der Waals surface area contributed by atoms with Crippen LogP contribution in [-0.4, -0.2) is 24.2 Å². The van der Waals surface area contributed by atoms with E-state index in [-0.39, 0.29) is 0 Å². The Morgan fingerprint density at radius 3 is 2.71 bits per heavy atom. The predicted molar refractivity (Wildman–Crippen MR) is 77.0 cm³/mol. The van der Waals surface area contributed by atoms with Gasteiger partial charge in [0.05, 0.1) is 6.61 Å². The summed E-state index contributed by atoms with van der Waals surface area (Å²) in [5.74, 6) is 2.09. The van der Waals surface area contributed by atoms with Gasteiger partial charge in [-0.05, 0) is 49.3 Å². The van der Waals surface area contributed by atoms with E-state index in [0.717, 1.165) is 31.1 Å². The molecule has 1 unspecified atom stereocenters. The summed E-state index contributed by atoms with van der Waals surface area (Å²) in [6.45, 7) is 7.93. The molecule has 0 saturated heterocycles. The van der Waals surface area contributed by atoms with E-state index in [1.165, 1.54) is 11.1 Å². The predicted octanol–water partition coefficient (Wildman–Crippen LogP) is 3.15. The monoisotopic (exact) mass is 253 g/mol. The molecule has 0 heterocycles. The Hall–Kier alpha value is -0.670. The molecule has 0 saturated carbocycles. The van der Waals surface area contributed by atoms with Gasteiger partial charge in [0, 0.05) is 11.8 Å². The molecule has 0 aromatic heterocycles. The quantitative estimate of drug-likeness (QED) is 0.758. The third-order valence-corrected chi connectivity index (χ3v) is 4.06. The molecule has 17 heavy (non-hydrogen) atoms. The van der Waals surface area contributed by atoms with Gasteiger partial charge >= 0.3 is 0 Å². The molecule has 0 spiro atoms. The Morgan fingerprint density at radius 1 is 1.29 bits per heavy atom. The SMILES string of the molecule is Cc1ccc(OCCCSC(C)CN)cc1C. The highest BCUT2D eigenvalue weighted by Crippen LogP contribution is 2.17. The minimum absolute atomic E-state index is 0.552. The van der Waals surface area contributed by atoms with E-state index in [1.807, 2.05) is 17.8 Å². The van der Waals surface area contributed by atoms with Gasteiger partial charge in [0.2, 0.25) is 0 Å². The van der Waals surface area contributed by atoms with E-state index >= 15 is 0 Å². The highest BCUT2D eigenvalue weighted by Gasteiger charge is 2.00. The molecule has 1 atom stereocenters. The van der Waals surface area contributed by atoms with Crippen LogP contribution in [0.1, 0.15) is 24.5 Å². The second kappa shape index (κ2) is 7.62. The molecule has 1 aromatic carbocycles. The van der Waals surface area contributed by atoms with E-state index < -0.39 is 0 Å². The van der Waals surface area contributed by atoms with Crippen LogP contribution in [0.15, 0.2) is 18.2 Å². The molecule has 1 rings (SSSR count). The lowest BCUT2D eigenvalue weighted by molar-refractivity contribution is 0.318. The van der Waals surface area contributed by atoms with Crippen LogP contribution in [-0.2, 0) is 0 Å². The highest BCUT2D eigenvalue weighted by atomic mass is 32.2. The molecule has 0 aliphatic rings. The van der Waals surface area contributed by atoms with Crippen molar-refractivity contribution in [3.63, 3.8) is 0 Å². The summed E-state index contributed by atoms with van der Waals surface area (Å²) in [4.78, 5) is 0. The van der Waals surface area contributed by atoms with Gasteiger partial charge in [-0.15, -0.1) is 0 Å². The van der Waals surface area contributed by atoms with Crippen molar-refractivity contribution in [3.05, 3.63) is 29.3 Å². The number of rotatable bonds is 7. The first kappa shape index (κ1) is 14.4. The second-order valence-electron chi connectivity index (χ2n) is 4.37. The Morgan fingerprint density at radius 2 is 2.06 bits per heavy atom. The van der Waals surface area contributed by atoms with E-state index in [2.05, 4.69) is 32.9 Å². The van der Waals surface area contributed by atoms with Crippen LogP contribution in [0.2, 0.25) is 0 Å². The molecular weight excluding hydrogens is 230 g/mol. The highest BCUT2D eigenvalue weighted by molar-refractivity contribution is 7.99. The maximum atomic E-state index is 5.71. The summed E-state index contributed by atoms with van der Waals surface area (Å²) in [6.07, 6.45) is 1.07. The smallest absolute Gasteiger partial charge is 0.119 e. The van der Waals surface area contributed by atoms with Crippen molar-refractivity contribution in [1.82, 2.24) is 0 Å². The van der Waals surface area contributed by atoms with E-state index in [4.69, 9.17) is 10.5 Å². The zero-order valence-electron chi connectivity index (χ0n) is 11.0. The fourth-order valence-electron chi connectivity index (χ4n) is 1.41. The minimum Gasteiger partial charge on any atom is -0.494 e. The van der Waals surface area contributed by atoms with Crippen LogP contribution in [0.25, 0.3) is 0 Å². The van der Waals surface area contributed by atoms with Gasteiger partial charge in [-0.2, -0.15) is 11.8 Å². The summed E-state index contributed by atoms with van der Waals surface area (Å²) in [6, 6.07) is 6.25. The number of nitrogens with two attached hydrogens (primary N) is 1. The first-order valence-electron chi connectivity index (χ1n) is 6.15. The summed E-state index contributed by atoms with van der Waals surface area (Å²) >= 11 is 1.91. The number of hydrogen-bond acceptors (Lipinski definition) is 3. The molecule has 2 N–H and O–H groups in total. The Kier molecular flexibility index (Phi) is 6.45. The minimum atomic E-state index is 0.552. The molecule has 2 nitrogen and oxygen atoms in total. The van der Waals surface area contributed by atoms with Crippen LogP contribution >= 0.6 is 11.8 Å². The van der Waals surface area contributed by atoms with Crippen molar-refractivity contribution in [2.24, 2.45) is 5.73 Å². The molecule has 3 heteroatoms. The van der Waals surface area contributed by atoms with Gasteiger partial charge in [-0.3, -0.25) is 0 Å². The van der Waals surface area contributed by atoms with Crippen molar-refractivity contribution in [2.75, 3.05) is 18.9 Å². The third-order valence-electron chi connectivity index (χ3n) is 2.77. The van der Waals surface area contributed by atoms with Crippen LogP contribution in [0.5, 0.6) is 5.75 Å². The van der Waals surface area contributed by atoms with E-state index in [1.54, 1.807) is 0 Å². The first-order chi connectivity index (χ1) is 8.13. The normalized spacial score (nSPS) is 12.5. The van der Waals surface area contributed by atoms with E-state index in [0.29, 0.717) is 5.25 Å². The number of thioether (sulfide) groups is 1. The maximum absolute atomic E-state index is 5.71. The van der Waals surface area contributed by atoms with Gasteiger partial charge in [-0.1, -0.05) is 13.0 Å². The van der Waals surface area contributed by atoms with Gasteiger partial charge in [0.15, 0.2) is 0 Å². The lowest BCUT2D eigenvalue weighted by Gasteiger charge is -2.10. The molecule has 0 amide bonds. The van der Waals surface area contributed by atoms with Crippen molar-refractivity contribution in [3.8, 4) is 5.75 Å². The molecule has 0 aliphatic heterocycles. The lowest BCUT2D eigenvalue weighted by Crippen LogP contribution is -2.13. The van der Waals surface area contributed by atoms with Gasteiger partial charge in [0.25, 0.3) is 0 Å². The van der Waals surface area contributed by atoms with Gasteiger partial charge in [-0.25, -0.2) is 0 Å². The zero-order chi connectivity index (χ0) is 12.7. The molecule has 0 bridgehead atoms. The fraction of sp³-hybridized carbons (Fsp3) is 0.571. The standard InChI is InChI=1S/C14H23NOS/c1-11-5-6-14(9-12(11)2)16-7-4-8-17-13(3)10-15/h5-6,9,13H,4,7-8,10,15H2,1-3H3. The number of hydrogen-bond donors (Lipinski definition) is 1. The van der Waals surface area contributed by atoms with Gasteiger partial charge < -0.3 is 10.5 Å². The van der Waals surface area contributed by atoms with Crippen molar-refractivity contribution < 1.29 is 4.74 Å². The molecule has 0 fully saturated rings. The third kappa shape index (κ3) is 5.46. The molecule has 0 radical (unpaired) electrons. The molecule has 0 aliphatic carbocycles. The topological polar surface area (TPSA) is 35.2 Å². The average molecular weight is 253 g/mol. The Bertz CT molecular complexity index is 341. The maximum Gasteiger partial charge on any atom is 0.119 e. The fourth-order valence-corrected chi connectivity index (χ4v) is 2.23. The van der Waals surface area contributed by atoms with Crippen molar-refractivity contribution in [2.45, 2.75) is 32.4 Å². The first-order valence-corrected chi connectivity index (χ1v) is 7.20. The van der Waals surface area contributed by atoms with Crippen LogP contribution in [0.3, 0.4) is 0 Å². The second-order valence-corrected chi connectivity index (χ2v) is 5.91. The van der Waals surface area contributed by atoms with Crippen LogP contribution in [0, 0.1) is 13.8 Å². The number of benzene rings is 1. The van der Waals surface area contributed by atoms with Crippen molar-refractivity contribution in [1.29, 1.82) is 0 Å². The Labute approximate surface area is 109 Å². The van der Waals surface area contributed by atoms with Gasteiger partial charge in [0.1, 0.15) is 5.75 Å². The summed E-state index contributed by atoms with van der Waals surface area (Å²) in [5, 5.41) is 0.552.